The van der Waals surface area contributed by atoms with Gasteiger partial charge in [-0.15, -0.1) is 0 Å². The van der Waals surface area contributed by atoms with Crippen molar-refractivity contribution in [1.82, 2.24) is 4.98 Å². The van der Waals surface area contributed by atoms with Crippen LogP contribution in [0.5, 0.6) is 0 Å². The zero-order valence-corrected chi connectivity index (χ0v) is 11.0. The Labute approximate surface area is 115 Å². The molecule has 1 saturated heterocycles. The number of nitrogens with zero attached hydrogens (tertiary/aromatic N) is 1. The molecule has 1 fully saturated rings. The number of hydrogen-bond acceptors (Lipinski definition) is 3. The second kappa shape index (κ2) is 5.15. The van der Waals surface area contributed by atoms with Crippen LogP contribution in [0.3, 0.4) is 0 Å². The molecule has 3 rings (SSSR count). The fourth-order valence-corrected chi connectivity index (χ4v) is 2.44. The molecule has 1 atom stereocenters. The van der Waals surface area contributed by atoms with E-state index in [4.69, 9.17) is 16.3 Å². The van der Waals surface area contributed by atoms with E-state index in [1.165, 1.54) is 0 Å². The van der Waals surface area contributed by atoms with Crippen molar-refractivity contribution in [3.05, 3.63) is 35.5 Å². The lowest BCUT2D eigenvalue weighted by molar-refractivity contribution is -0.124. The van der Waals surface area contributed by atoms with Crippen LogP contribution in [0.2, 0.25) is 5.15 Å². The predicted molar refractivity (Wildman–Crippen MR) is 74.4 cm³/mol. The number of para-hydroxylation sites is 1. The number of amides is 1. The summed E-state index contributed by atoms with van der Waals surface area (Å²) in [4.78, 5) is 16.3. The van der Waals surface area contributed by atoms with Gasteiger partial charge in [-0.1, -0.05) is 29.8 Å². The lowest BCUT2D eigenvalue weighted by Crippen LogP contribution is -2.26. The number of carbonyl (C=O) groups excluding carboxylic acids is 1. The van der Waals surface area contributed by atoms with Gasteiger partial charge in [0.15, 0.2) is 0 Å². The molecular formula is C14H13ClN2O2. The van der Waals surface area contributed by atoms with Gasteiger partial charge in [0.25, 0.3) is 5.91 Å². The first-order valence-corrected chi connectivity index (χ1v) is 6.59. The molecule has 98 valence electrons. The molecule has 2 heterocycles. The van der Waals surface area contributed by atoms with Crippen LogP contribution in [0.1, 0.15) is 12.8 Å². The lowest BCUT2D eigenvalue weighted by Gasteiger charge is -2.12. The van der Waals surface area contributed by atoms with E-state index in [9.17, 15) is 4.79 Å². The molecule has 1 aliphatic rings. The highest BCUT2D eigenvalue weighted by Crippen LogP contribution is 2.26. The quantitative estimate of drug-likeness (QED) is 0.858. The number of anilines is 1. The molecule has 19 heavy (non-hydrogen) atoms. The maximum Gasteiger partial charge on any atom is 0.253 e. The van der Waals surface area contributed by atoms with Gasteiger partial charge in [0.1, 0.15) is 11.3 Å². The monoisotopic (exact) mass is 276 g/mol. The van der Waals surface area contributed by atoms with Crippen LogP contribution in [0.25, 0.3) is 10.9 Å². The summed E-state index contributed by atoms with van der Waals surface area (Å²) in [5, 5.41) is 4.12. The molecule has 4 nitrogen and oxygen atoms in total. The Morgan fingerprint density at radius 3 is 3.05 bits per heavy atom. The van der Waals surface area contributed by atoms with Crippen LogP contribution >= 0.6 is 11.6 Å². The van der Waals surface area contributed by atoms with Gasteiger partial charge in [-0.25, -0.2) is 4.98 Å². The summed E-state index contributed by atoms with van der Waals surface area (Å²) in [5.74, 6) is -0.120. The van der Waals surface area contributed by atoms with E-state index in [1.54, 1.807) is 6.07 Å². The lowest BCUT2D eigenvalue weighted by atomic mass is 10.1. The number of benzene rings is 1. The molecule has 0 radical (unpaired) electrons. The Morgan fingerprint density at radius 2 is 2.26 bits per heavy atom. The van der Waals surface area contributed by atoms with Crippen molar-refractivity contribution in [3.63, 3.8) is 0 Å². The fraction of sp³-hybridized carbons (Fsp3) is 0.286. The third-order valence-corrected chi connectivity index (χ3v) is 3.36. The highest BCUT2D eigenvalue weighted by Gasteiger charge is 2.24. The Morgan fingerprint density at radius 1 is 1.42 bits per heavy atom. The average Bonchev–Trinajstić information content (AvgIpc) is 2.92. The molecule has 1 aliphatic heterocycles. The Balaban J connectivity index is 1.93. The van der Waals surface area contributed by atoms with Crippen molar-refractivity contribution in [1.29, 1.82) is 0 Å². The van der Waals surface area contributed by atoms with Crippen LogP contribution in [0.4, 0.5) is 5.69 Å². The number of pyridine rings is 1. The van der Waals surface area contributed by atoms with Gasteiger partial charge in [0.05, 0.1) is 11.2 Å². The summed E-state index contributed by atoms with van der Waals surface area (Å²) in [7, 11) is 0. The van der Waals surface area contributed by atoms with Crippen LogP contribution in [0, 0.1) is 0 Å². The first kappa shape index (κ1) is 12.4. The van der Waals surface area contributed by atoms with Crippen LogP contribution in [-0.4, -0.2) is 23.6 Å². The molecular weight excluding hydrogens is 264 g/mol. The van der Waals surface area contributed by atoms with E-state index in [-0.39, 0.29) is 12.0 Å². The molecule has 1 aromatic carbocycles. The first-order chi connectivity index (χ1) is 9.24. The van der Waals surface area contributed by atoms with Gasteiger partial charge >= 0.3 is 0 Å². The Kier molecular flexibility index (Phi) is 3.36. The molecule has 1 N–H and O–H groups in total. The fourth-order valence-electron chi connectivity index (χ4n) is 2.24. The van der Waals surface area contributed by atoms with E-state index >= 15 is 0 Å². The van der Waals surface area contributed by atoms with Gasteiger partial charge in [0, 0.05) is 12.0 Å². The minimum Gasteiger partial charge on any atom is -0.368 e. The van der Waals surface area contributed by atoms with Gasteiger partial charge in [-0.2, -0.15) is 0 Å². The van der Waals surface area contributed by atoms with E-state index in [0.717, 1.165) is 23.7 Å². The van der Waals surface area contributed by atoms with Gasteiger partial charge < -0.3 is 10.1 Å². The highest BCUT2D eigenvalue weighted by molar-refractivity contribution is 6.30. The zero-order valence-electron chi connectivity index (χ0n) is 10.2. The predicted octanol–water partition coefficient (Wildman–Crippen LogP) is 3.01. The van der Waals surface area contributed by atoms with E-state index in [1.807, 2.05) is 24.3 Å². The largest absolute Gasteiger partial charge is 0.368 e. The minimum atomic E-state index is -0.356. The second-order valence-corrected chi connectivity index (χ2v) is 4.89. The Hall–Kier alpha value is -1.65. The molecule has 1 amide bonds. The molecule has 0 spiro atoms. The van der Waals surface area contributed by atoms with Crippen molar-refractivity contribution in [2.75, 3.05) is 11.9 Å². The zero-order chi connectivity index (χ0) is 13.2. The summed E-state index contributed by atoms with van der Waals surface area (Å²) in [6.07, 6.45) is 1.34. The van der Waals surface area contributed by atoms with Crippen molar-refractivity contribution in [2.45, 2.75) is 18.9 Å². The van der Waals surface area contributed by atoms with Crippen LogP contribution in [-0.2, 0) is 9.53 Å². The number of fused-ring (bicyclic) bond motifs is 1. The van der Waals surface area contributed by atoms with Gasteiger partial charge in [0.2, 0.25) is 0 Å². The van der Waals surface area contributed by atoms with Gasteiger partial charge in [-0.05, 0) is 25.0 Å². The number of aromatic nitrogens is 1. The van der Waals surface area contributed by atoms with Crippen LogP contribution in [0.15, 0.2) is 30.3 Å². The number of hydrogen-bond donors (Lipinski definition) is 1. The molecule has 1 unspecified atom stereocenters. The topological polar surface area (TPSA) is 51.2 Å². The molecule has 0 bridgehead atoms. The normalized spacial score (nSPS) is 18.7. The first-order valence-electron chi connectivity index (χ1n) is 6.22. The Bertz CT molecular complexity index is 624. The molecule has 1 aromatic heterocycles. The van der Waals surface area contributed by atoms with E-state index in [2.05, 4.69) is 10.3 Å². The van der Waals surface area contributed by atoms with E-state index in [0.29, 0.717) is 17.4 Å². The summed E-state index contributed by atoms with van der Waals surface area (Å²) in [6.45, 7) is 0.649. The summed E-state index contributed by atoms with van der Waals surface area (Å²) in [6, 6.07) is 9.22. The van der Waals surface area contributed by atoms with Crippen molar-refractivity contribution in [2.24, 2.45) is 0 Å². The number of ether oxygens (including phenoxy) is 1. The third-order valence-electron chi connectivity index (χ3n) is 3.16. The highest BCUT2D eigenvalue weighted by atomic mass is 35.5. The second-order valence-electron chi connectivity index (χ2n) is 4.50. The minimum absolute atomic E-state index is 0.120. The molecule has 0 saturated carbocycles. The van der Waals surface area contributed by atoms with Gasteiger partial charge in [-0.3, -0.25) is 4.79 Å². The number of rotatable bonds is 2. The van der Waals surface area contributed by atoms with Crippen molar-refractivity contribution < 1.29 is 9.53 Å². The number of halogens is 1. The summed E-state index contributed by atoms with van der Waals surface area (Å²) >= 11 is 5.97. The van der Waals surface area contributed by atoms with Crippen LogP contribution < -0.4 is 5.32 Å². The summed E-state index contributed by atoms with van der Waals surface area (Å²) in [5.41, 5.74) is 1.44. The molecule has 0 aliphatic carbocycles. The van der Waals surface area contributed by atoms with Crippen molar-refractivity contribution in [3.8, 4) is 0 Å². The standard InChI is InChI=1S/C14H13ClN2O2/c15-13-8-11(9-4-1-2-5-10(9)16-13)17-14(18)12-6-3-7-19-12/h1-2,4-5,8,12H,3,6-7H2,(H,16,17,18). The number of carbonyl (C=O) groups is 1. The molecule has 5 heteroatoms. The average molecular weight is 277 g/mol. The summed E-state index contributed by atoms with van der Waals surface area (Å²) < 4.78 is 5.37. The number of nitrogens with one attached hydrogen (secondary N) is 1. The maximum atomic E-state index is 12.1. The van der Waals surface area contributed by atoms with Crippen molar-refractivity contribution >= 4 is 34.1 Å². The maximum absolute atomic E-state index is 12.1. The smallest absolute Gasteiger partial charge is 0.253 e. The SMILES string of the molecule is O=C(Nc1cc(Cl)nc2ccccc12)C1CCCO1. The van der Waals surface area contributed by atoms with E-state index < -0.39 is 0 Å². The molecule has 2 aromatic rings. The third kappa shape index (κ3) is 2.55.